The van der Waals surface area contributed by atoms with Crippen LogP contribution in [0.5, 0.6) is 0 Å². The molecule has 2 heteroatoms. The van der Waals surface area contributed by atoms with Crippen molar-refractivity contribution in [3.63, 3.8) is 0 Å². The highest BCUT2D eigenvalue weighted by molar-refractivity contribution is 5.27. The summed E-state index contributed by atoms with van der Waals surface area (Å²) in [6.07, 6.45) is 5.25. The highest BCUT2D eigenvalue weighted by Crippen LogP contribution is 2.38. The van der Waals surface area contributed by atoms with Crippen molar-refractivity contribution in [2.45, 2.75) is 31.7 Å². The molecule has 1 heterocycles. The minimum Gasteiger partial charge on any atom is -0.320 e. The second kappa shape index (κ2) is 2.56. The van der Waals surface area contributed by atoms with E-state index in [4.69, 9.17) is 5.73 Å². The van der Waals surface area contributed by atoms with Gasteiger partial charge in [0.15, 0.2) is 0 Å². The van der Waals surface area contributed by atoms with Gasteiger partial charge in [-0.15, -0.1) is 0 Å². The van der Waals surface area contributed by atoms with Crippen LogP contribution in [0.3, 0.4) is 0 Å². The molecule has 2 rings (SSSR count). The van der Waals surface area contributed by atoms with Crippen LogP contribution in [0.25, 0.3) is 0 Å². The molecule has 0 bridgehead atoms. The smallest absolute Gasteiger partial charge is 0.0631 e. The summed E-state index contributed by atoms with van der Waals surface area (Å²) in [7, 11) is 0. The lowest BCUT2D eigenvalue weighted by molar-refractivity contribution is 0.245. The Balaban J connectivity index is 2.39. The maximum absolute atomic E-state index is 6.16. The summed E-state index contributed by atoms with van der Waals surface area (Å²) in [4.78, 5) is 4.35. The van der Waals surface area contributed by atoms with Crippen molar-refractivity contribution in [1.29, 1.82) is 0 Å². The fourth-order valence-corrected chi connectivity index (χ4v) is 1.80. The SMILES string of the molecule is Cc1cccnc1C1(N)CCC1. The highest BCUT2D eigenvalue weighted by atomic mass is 14.9. The zero-order chi connectivity index (χ0) is 8.60. The van der Waals surface area contributed by atoms with Gasteiger partial charge in [0.05, 0.1) is 11.2 Å². The van der Waals surface area contributed by atoms with Crippen molar-refractivity contribution in [1.82, 2.24) is 4.98 Å². The molecular formula is C10H14N2. The molecule has 0 aromatic carbocycles. The molecule has 0 amide bonds. The van der Waals surface area contributed by atoms with Crippen LogP contribution in [-0.2, 0) is 5.54 Å². The molecule has 2 nitrogen and oxygen atoms in total. The largest absolute Gasteiger partial charge is 0.320 e. The molecule has 1 aromatic rings. The van der Waals surface area contributed by atoms with Crippen molar-refractivity contribution in [2.24, 2.45) is 5.73 Å². The van der Waals surface area contributed by atoms with Gasteiger partial charge in [0.25, 0.3) is 0 Å². The molecule has 0 spiro atoms. The second-order valence-corrected chi connectivity index (χ2v) is 3.68. The normalized spacial score (nSPS) is 20.2. The number of nitrogens with zero attached hydrogens (tertiary/aromatic N) is 1. The molecule has 0 radical (unpaired) electrons. The van der Waals surface area contributed by atoms with E-state index in [9.17, 15) is 0 Å². The average Bonchev–Trinajstić information content (AvgIpc) is 2.01. The van der Waals surface area contributed by atoms with Gasteiger partial charge < -0.3 is 5.73 Å². The lowest BCUT2D eigenvalue weighted by Crippen LogP contribution is -2.44. The van der Waals surface area contributed by atoms with Crippen molar-refractivity contribution in [3.05, 3.63) is 29.6 Å². The molecule has 12 heavy (non-hydrogen) atoms. The Kier molecular flexibility index (Phi) is 1.65. The molecule has 0 saturated heterocycles. The topological polar surface area (TPSA) is 38.9 Å². The van der Waals surface area contributed by atoms with Gasteiger partial charge in [-0.3, -0.25) is 4.98 Å². The predicted octanol–water partition coefficient (Wildman–Crippen LogP) is 1.73. The van der Waals surface area contributed by atoms with Gasteiger partial charge in [0.1, 0.15) is 0 Å². The van der Waals surface area contributed by atoms with Crippen LogP contribution < -0.4 is 5.73 Å². The first-order chi connectivity index (χ1) is 5.72. The summed E-state index contributed by atoms with van der Waals surface area (Å²) in [5.41, 5.74) is 8.37. The number of hydrogen-bond acceptors (Lipinski definition) is 2. The van der Waals surface area contributed by atoms with E-state index in [-0.39, 0.29) is 5.54 Å². The van der Waals surface area contributed by atoms with E-state index in [0.717, 1.165) is 18.5 Å². The van der Waals surface area contributed by atoms with Gasteiger partial charge in [-0.05, 0) is 37.8 Å². The molecule has 1 saturated carbocycles. The van der Waals surface area contributed by atoms with Gasteiger partial charge in [-0.25, -0.2) is 0 Å². The molecule has 1 aliphatic rings. The molecule has 0 unspecified atom stereocenters. The van der Waals surface area contributed by atoms with E-state index in [1.807, 2.05) is 12.3 Å². The number of aromatic nitrogens is 1. The molecule has 64 valence electrons. The van der Waals surface area contributed by atoms with Crippen LogP contribution in [0.2, 0.25) is 0 Å². The Morgan fingerprint density at radius 2 is 2.25 bits per heavy atom. The molecule has 1 aliphatic carbocycles. The van der Waals surface area contributed by atoms with E-state index in [2.05, 4.69) is 18.0 Å². The quantitative estimate of drug-likeness (QED) is 0.683. The Bertz CT molecular complexity index is 290. The first-order valence-electron chi connectivity index (χ1n) is 4.43. The third-order valence-corrected chi connectivity index (χ3v) is 2.73. The van der Waals surface area contributed by atoms with Crippen LogP contribution in [-0.4, -0.2) is 4.98 Å². The third kappa shape index (κ3) is 1.03. The number of aryl methyl sites for hydroxylation is 1. The summed E-state index contributed by atoms with van der Waals surface area (Å²) in [6, 6.07) is 4.04. The Morgan fingerprint density at radius 3 is 2.75 bits per heavy atom. The van der Waals surface area contributed by atoms with Gasteiger partial charge >= 0.3 is 0 Å². The lowest BCUT2D eigenvalue weighted by atomic mass is 9.74. The number of hydrogen-bond donors (Lipinski definition) is 1. The summed E-state index contributed by atoms with van der Waals surface area (Å²) in [6.45, 7) is 2.08. The molecule has 1 fully saturated rings. The number of nitrogens with two attached hydrogens (primary N) is 1. The van der Waals surface area contributed by atoms with Gasteiger partial charge in [0, 0.05) is 6.20 Å². The monoisotopic (exact) mass is 162 g/mol. The van der Waals surface area contributed by atoms with Crippen LogP contribution in [0.4, 0.5) is 0 Å². The minimum absolute atomic E-state index is 0.106. The van der Waals surface area contributed by atoms with E-state index < -0.39 is 0 Å². The number of rotatable bonds is 1. The zero-order valence-electron chi connectivity index (χ0n) is 7.38. The van der Waals surface area contributed by atoms with Gasteiger partial charge in [-0.1, -0.05) is 6.07 Å². The standard InChI is InChI=1S/C10H14N2/c1-8-4-2-7-12-9(8)10(11)5-3-6-10/h2,4,7H,3,5-6,11H2,1H3. The average molecular weight is 162 g/mol. The lowest BCUT2D eigenvalue weighted by Gasteiger charge is -2.38. The van der Waals surface area contributed by atoms with Crippen molar-refractivity contribution in [3.8, 4) is 0 Å². The first-order valence-corrected chi connectivity index (χ1v) is 4.43. The van der Waals surface area contributed by atoms with E-state index >= 15 is 0 Å². The minimum atomic E-state index is -0.106. The van der Waals surface area contributed by atoms with Gasteiger partial charge in [0.2, 0.25) is 0 Å². The van der Waals surface area contributed by atoms with Crippen molar-refractivity contribution in [2.75, 3.05) is 0 Å². The highest BCUT2D eigenvalue weighted by Gasteiger charge is 2.36. The van der Waals surface area contributed by atoms with Crippen LogP contribution in [0.15, 0.2) is 18.3 Å². The molecule has 1 aromatic heterocycles. The summed E-state index contributed by atoms with van der Waals surface area (Å²) in [5.74, 6) is 0. The molecular weight excluding hydrogens is 148 g/mol. The summed E-state index contributed by atoms with van der Waals surface area (Å²) >= 11 is 0. The number of pyridine rings is 1. The predicted molar refractivity (Wildman–Crippen MR) is 48.7 cm³/mol. The van der Waals surface area contributed by atoms with E-state index in [0.29, 0.717) is 0 Å². The molecule has 0 atom stereocenters. The van der Waals surface area contributed by atoms with Crippen LogP contribution in [0.1, 0.15) is 30.5 Å². The Labute approximate surface area is 72.8 Å². The van der Waals surface area contributed by atoms with Gasteiger partial charge in [-0.2, -0.15) is 0 Å². The molecule has 0 aliphatic heterocycles. The maximum atomic E-state index is 6.16. The second-order valence-electron chi connectivity index (χ2n) is 3.68. The summed E-state index contributed by atoms with van der Waals surface area (Å²) in [5, 5.41) is 0. The summed E-state index contributed by atoms with van der Waals surface area (Å²) < 4.78 is 0. The Morgan fingerprint density at radius 1 is 1.50 bits per heavy atom. The maximum Gasteiger partial charge on any atom is 0.0631 e. The fourth-order valence-electron chi connectivity index (χ4n) is 1.80. The van der Waals surface area contributed by atoms with E-state index in [1.54, 1.807) is 0 Å². The van der Waals surface area contributed by atoms with Crippen LogP contribution >= 0.6 is 0 Å². The molecule has 2 N–H and O–H groups in total. The van der Waals surface area contributed by atoms with Crippen LogP contribution in [0, 0.1) is 6.92 Å². The first kappa shape index (κ1) is 7.74. The van der Waals surface area contributed by atoms with Crippen molar-refractivity contribution < 1.29 is 0 Å². The van der Waals surface area contributed by atoms with Crippen molar-refractivity contribution >= 4 is 0 Å². The Hall–Kier alpha value is -0.890. The van der Waals surface area contributed by atoms with E-state index in [1.165, 1.54) is 12.0 Å². The fraction of sp³-hybridized carbons (Fsp3) is 0.500. The zero-order valence-corrected chi connectivity index (χ0v) is 7.38. The third-order valence-electron chi connectivity index (χ3n) is 2.73.